The Kier molecular flexibility index (Phi) is 8.40. The Morgan fingerprint density at radius 1 is 0.517 bits per heavy atom. The number of anilines is 2. The van der Waals surface area contributed by atoms with Crippen LogP contribution in [0.1, 0.15) is 34.2 Å². The van der Waals surface area contributed by atoms with Crippen molar-refractivity contribution in [2.24, 2.45) is 0 Å². The minimum Gasteiger partial charge on any atom is -0.334 e. The summed E-state index contributed by atoms with van der Waals surface area (Å²) in [6, 6.07) is 65.7. The lowest BCUT2D eigenvalue weighted by Crippen LogP contribution is -2.33. The summed E-state index contributed by atoms with van der Waals surface area (Å²) in [6.45, 7) is 2.17. The number of rotatable bonds is 6. The highest BCUT2D eigenvalue weighted by atomic mass is 15.2. The van der Waals surface area contributed by atoms with Gasteiger partial charge in [-0.3, -0.25) is 0 Å². The molecule has 276 valence electrons. The standard InChI is InChI=1S/C57H43N/c1-38-24-26-42(27-25-38)53-37-52(41-16-4-2-5-17-41)55(43-18-6-3-7-19-43)57-51-33-32-48(36-54(51)49-22-12-13-23-50(49)56(53)57)58(46-30-28-39-14-8-10-20-44(39)34-46)47-31-29-40-15-9-11-21-45(40)35-47/h2-10,12-20,22-35,37,48H,11,21,36H2,1H3. The molecule has 2 aliphatic rings. The molecule has 0 aliphatic heterocycles. The number of nitrogens with zero attached hydrogens (tertiary/aromatic N) is 1. The Balaban J connectivity index is 1.20. The second-order valence-electron chi connectivity index (χ2n) is 16.0. The van der Waals surface area contributed by atoms with Crippen LogP contribution >= 0.6 is 0 Å². The molecular formula is C57H43N. The quantitative estimate of drug-likeness (QED) is 0.153. The Hall–Kier alpha value is -6.96. The van der Waals surface area contributed by atoms with Crippen molar-refractivity contribution in [1.82, 2.24) is 0 Å². The van der Waals surface area contributed by atoms with Crippen molar-refractivity contribution in [3.63, 3.8) is 0 Å². The SMILES string of the molecule is Cc1ccc(-c2cc(-c3ccccc3)c(-c3ccccc3)c3c4c(c5ccccc5c23)CC(N(c2ccc3c(c2)CCC=C3)c2ccc3ccccc3c2)C=C4)cc1. The van der Waals surface area contributed by atoms with Crippen LogP contribution in [0.25, 0.3) is 77.9 Å². The molecule has 11 rings (SSSR count). The first-order valence-electron chi connectivity index (χ1n) is 20.7. The largest absolute Gasteiger partial charge is 0.334 e. The lowest BCUT2D eigenvalue weighted by molar-refractivity contribution is 0.771. The van der Waals surface area contributed by atoms with Gasteiger partial charge in [-0.15, -0.1) is 0 Å². The summed E-state index contributed by atoms with van der Waals surface area (Å²) in [7, 11) is 0. The van der Waals surface area contributed by atoms with Crippen LogP contribution in [0.4, 0.5) is 11.4 Å². The molecule has 9 aromatic rings. The van der Waals surface area contributed by atoms with Crippen LogP contribution in [-0.2, 0) is 12.8 Å². The lowest BCUT2D eigenvalue weighted by Gasteiger charge is -2.36. The van der Waals surface area contributed by atoms with Gasteiger partial charge in [-0.05, 0) is 144 Å². The van der Waals surface area contributed by atoms with E-state index in [1.807, 2.05) is 0 Å². The molecule has 1 nitrogen and oxygen atoms in total. The van der Waals surface area contributed by atoms with Gasteiger partial charge in [0.15, 0.2) is 0 Å². The van der Waals surface area contributed by atoms with E-state index >= 15 is 0 Å². The number of allylic oxidation sites excluding steroid dienone is 1. The molecule has 1 heteroatoms. The molecule has 0 bridgehead atoms. The smallest absolute Gasteiger partial charge is 0.0566 e. The van der Waals surface area contributed by atoms with Crippen LogP contribution in [-0.4, -0.2) is 6.04 Å². The summed E-state index contributed by atoms with van der Waals surface area (Å²) in [5, 5.41) is 7.78. The second-order valence-corrected chi connectivity index (χ2v) is 16.0. The van der Waals surface area contributed by atoms with Crippen LogP contribution in [0, 0.1) is 6.92 Å². The predicted octanol–water partition coefficient (Wildman–Crippen LogP) is 15.2. The first kappa shape index (κ1) is 34.3. The number of hydrogen-bond acceptors (Lipinski definition) is 1. The zero-order valence-corrected chi connectivity index (χ0v) is 32.7. The summed E-state index contributed by atoms with van der Waals surface area (Å²) in [5.74, 6) is 0. The Labute approximate surface area is 340 Å². The first-order chi connectivity index (χ1) is 28.7. The van der Waals surface area contributed by atoms with Crippen LogP contribution < -0.4 is 4.90 Å². The van der Waals surface area contributed by atoms with Gasteiger partial charge in [0.25, 0.3) is 0 Å². The molecule has 1 unspecified atom stereocenters. The van der Waals surface area contributed by atoms with Gasteiger partial charge in [-0.1, -0.05) is 175 Å². The van der Waals surface area contributed by atoms with Crippen molar-refractivity contribution < 1.29 is 0 Å². The second kappa shape index (κ2) is 14.2. The normalized spacial score (nSPS) is 14.5. The molecule has 0 fully saturated rings. The number of aryl methyl sites for hydroxylation is 2. The Bertz CT molecular complexity index is 3080. The lowest BCUT2D eigenvalue weighted by atomic mass is 9.77. The molecule has 0 N–H and O–H groups in total. The van der Waals surface area contributed by atoms with Gasteiger partial charge in [0, 0.05) is 11.4 Å². The predicted molar refractivity (Wildman–Crippen MR) is 249 cm³/mol. The highest BCUT2D eigenvalue weighted by molar-refractivity contribution is 6.24. The van der Waals surface area contributed by atoms with E-state index in [1.165, 1.54) is 105 Å². The van der Waals surface area contributed by atoms with E-state index in [2.05, 4.69) is 212 Å². The minimum absolute atomic E-state index is 0.0979. The molecule has 0 spiro atoms. The molecule has 0 amide bonds. The third kappa shape index (κ3) is 5.85. The molecule has 0 radical (unpaired) electrons. The van der Waals surface area contributed by atoms with E-state index in [9.17, 15) is 0 Å². The van der Waals surface area contributed by atoms with Crippen molar-refractivity contribution >= 4 is 55.8 Å². The average molecular weight is 742 g/mol. The number of fused-ring (bicyclic) bond motifs is 8. The monoisotopic (exact) mass is 741 g/mol. The number of hydrogen-bond donors (Lipinski definition) is 0. The molecular weight excluding hydrogens is 699 g/mol. The summed E-state index contributed by atoms with van der Waals surface area (Å²) in [6.07, 6.45) is 12.6. The van der Waals surface area contributed by atoms with E-state index in [0.717, 1.165) is 19.3 Å². The van der Waals surface area contributed by atoms with Crippen LogP contribution in [0.3, 0.4) is 0 Å². The molecule has 58 heavy (non-hydrogen) atoms. The first-order valence-corrected chi connectivity index (χ1v) is 20.7. The van der Waals surface area contributed by atoms with Crippen molar-refractivity contribution in [2.45, 2.75) is 32.2 Å². The maximum Gasteiger partial charge on any atom is 0.0566 e. The maximum atomic E-state index is 2.60. The maximum absolute atomic E-state index is 2.60. The summed E-state index contributed by atoms with van der Waals surface area (Å²) in [5.41, 5.74) is 16.7. The molecule has 1 atom stereocenters. The van der Waals surface area contributed by atoms with Gasteiger partial charge >= 0.3 is 0 Å². The van der Waals surface area contributed by atoms with Crippen LogP contribution in [0.2, 0.25) is 0 Å². The Morgan fingerprint density at radius 3 is 2.00 bits per heavy atom. The van der Waals surface area contributed by atoms with E-state index in [1.54, 1.807) is 0 Å². The summed E-state index contributed by atoms with van der Waals surface area (Å²) in [4.78, 5) is 2.60. The summed E-state index contributed by atoms with van der Waals surface area (Å²) < 4.78 is 0. The van der Waals surface area contributed by atoms with Gasteiger partial charge in [0.2, 0.25) is 0 Å². The van der Waals surface area contributed by atoms with Crippen molar-refractivity contribution in [1.29, 1.82) is 0 Å². The van der Waals surface area contributed by atoms with Crippen molar-refractivity contribution in [2.75, 3.05) is 4.90 Å². The Morgan fingerprint density at radius 2 is 1.19 bits per heavy atom. The van der Waals surface area contributed by atoms with Crippen LogP contribution in [0.5, 0.6) is 0 Å². The van der Waals surface area contributed by atoms with E-state index < -0.39 is 0 Å². The summed E-state index contributed by atoms with van der Waals surface area (Å²) >= 11 is 0. The fourth-order valence-electron chi connectivity index (χ4n) is 9.70. The van der Waals surface area contributed by atoms with Crippen LogP contribution in [0.15, 0.2) is 188 Å². The number of benzene rings is 9. The van der Waals surface area contributed by atoms with Gasteiger partial charge < -0.3 is 4.90 Å². The molecule has 0 aromatic heterocycles. The van der Waals surface area contributed by atoms with Crippen molar-refractivity contribution in [3.8, 4) is 33.4 Å². The fraction of sp³-hybridized carbons (Fsp3) is 0.0877. The van der Waals surface area contributed by atoms with E-state index in [4.69, 9.17) is 0 Å². The highest BCUT2D eigenvalue weighted by Gasteiger charge is 2.29. The van der Waals surface area contributed by atoms with Gasteiger partial charge in [0.05, 0.1) is 6.04 Å². The fourth-order valence-corrected chi connectivity index (χ4v) is 9.70. The minimum atomic E-state index is 0.0979. The molecule has 0 saturated carbocycles. The van der Waals surface area contributed by atoms with E-state index in [0.29, 0.717) is 0 Å². The zero-order valence-electron chi connectivity index (χ0n) is 32.7. The molecule has 2 aliphatic carbocycles. The molecule has 0 heterocycles. The average Bonchev–Trinajstić information content (AvgIpc) is 3.29. The van der Waals surface area contributed by atoms with Gasteiger partial charge in [-0.25, -0.2) is 0 Å². The molecule has 9 aromatic carbocycles. The topological polar surface area (TPSA) is 3.24 Å². The van der Waals surface area contributed by atoms with E-state index in [-0.39, 0.29) is 6.04 Å². The van der Waals surface area contributed by atoms with Crippen molar-refractivity contribution in [3.05, 3.63) is 216 Å². The molecule has 0 saturated heterocycles. The van der Waals surface area contributed by atoms with Gasteiger partial charge in [0.1, 0.15) is 0 Å². The zero-order chi connectivity index (χ0) is 38.6. The third-order valence-electron chi connectivity index (χ3n) is 12.5. The third-order valence-corrected chi connectivity index (χ3v) is 12.5. The van der Waals surface area contributed by atoms with Gasteiger partial charge in [-0.2, -0.15) is 0 Å². The highest BCUT2D eigenvalue weighted by Crippen LogP contribution is 2.50.